The summed E-state index contributed by atoms with van der Waals surface area (Å²) in [6.07, 6.45) is 5.10. The summed E-state index contributed by atoms with van der Waals surface area (Å²) < 4.78 is 5.22. The molecular weight excluding hydrogens is 380 g/mol. The number of aryl methyl sites for hydroxylation is 1. The molecule has 0 saturated carbocycles. The molecule has 1 fully saturated rings. The van der Waals surface area contributed by atoms with Crippen LogP contribution in [-0.4, -0.2) is 53.1 Å². The Hall–Kier alpha value is -3.26. The number of hydrogen-bond donors (Lipinski definition) is 2. The van der Waals surface area contributed by atoms with Crippen LogP contribution >= 0.6 is 0 Å². The molecule has 2 aromatic heterocycles. The van der Waals surface area contributed by atoms with Crippen molar-refractivity contribution in [1.82, 2.24) is 20.3 Å². The van der Waals surface area contributed by atoms with Crippen LogP contribution in [0, 0.1) is 6.92 Å². The fourth-order valence-electron chi connectivity index (χ4n) is 3.99. The van der Waals surface area contributed by atoms with Gasteiger partial charge in [-0.3, -0.25) is 9.78 Å². The predicted molar refractivity (Wildman–Crippen MR) is 117 cm³/mol. The molecule has 30 heavy (non-hydrogen) atoms. The van der Waals surface area contributed by atoms with E-state index >= 15 is 0 Å². The van der Waals surface area contributed by atoms with Crippen molar-refractivity contribution >= 4 is 28.2 Å². The van der Waals surface area contributed by atoms with Crippen LogP contribution < -0.4 is 20.3 Å². The molecule has 1 saturated heterocycles. The first-order valence-electron chi connectivity index (χ1n) is 10.0. The SMILES string of the molecule is COc1ncc2c(N3C[C@H](C)N[C@@H](C)C3)ccc(C(=O)Nc3cncc(C)c3)c2n1. The molecule has 1 aliphatic heterocycles. The van der Waals surface area contributed by atoms with Crippen molar-refractivity contribution in [1.29, 1.82) is 0 Å². The lowest BCUT2D eigenvalue weighted by atomic mass is 10.0. The molecule has 0 bridgehead atoms. The van der Waals surface area contributed by atoms with Gasteiger partial charge in [0.1, 0.15) is 0 Å². The van der Waals surface area contributed by atoms with Gasteiger partial charge >= 0.3 is 6.01 Å². The minimum atomic E-state index is -0.248. The molecule has 1 aromatic carbocycles. The topological polar surface area (TPSA) is 92.3 Å². The van der Waals surface area contributed by atoms with E-state index in [0.717, 1.165) is 29.7 Å². The molecule has 3 heterocycles. The maximum Gasteiger partial charge on any atom is 0.316 e. The molecule has 2 N–H and O–H groups in total. The number of anilines is 2. The van der Waals surface area contributed by atoms with Crippen LogP contribution in [0.2, 0.25) is 0 Å². The largest absolute Gasteiger partial charge is 0.467 e. The number of ether oxygens (including phenoxy) is 1. The third-order valence-electron chi connectivity index (χ3n) is 5.16. The Balaban J connectivity index is 1.76. The summed E-state index contributed by atoms with van der Waals surface area (Å²) in [6.45, 7) is 8.00. The summed E-state index contributed by atoms with van der Waals surface area (Å²) in [5.74, 6) is -0.248. The maximum absolute atomic E-state index is 13.1. The molecule has 4 rings (SSSR count). The van der Waals surface area contributed by atoms with Crippen LogP contribution in [0.15, 0.2) is 36.8 Å². The lowest BCUT2D eigenvalue weighted by Gasteiger charge is -2.38. The van der Waals surface area contributed by atoms with Crippen LogP contribution in [0.3, 0.4) is 0 Å². The number of piperazine rings is 1. The number of carbonyl (C=O) groups is 1. The highest BCUT2D eigenvalue weighted by Gasteiger charge is 2.24. The van der Waals surface area contributed by atoms with Gasteiger partial charge < -0.3 is 20.3 Å². The Kier molecular flexibility index (Phi) is 5.50. The summed E-state index contributed by atoms with van der Waals surface area (Å²) in [5.41, 5.74) is 3.66. The normalized spacial score (nSPS) is 19.0. The summed E-state index contributed by atoms with van der Waals surface area (Å²) in [6, 6.07) is 6.62. The third kappa shape index (κ3) is 4.04. The van der Waals surface area contributed by atoms with Crippen LogP contribution in [0.5, 0.6) is 6.01 Å². The summed E-state index contributed by atoms with van der Waals surface area (Å²) in [5, 5.41) is 7.29. The van der Waals surface area contributed by atoms with E-state index in [-0.39, 0.29) is 11.9 Å². The molecule has 1 aliphatic rings. The van der Waals surface area contributed by atoms with Gasteiger partial charge in [-0.25, -0.2) is 4.98 Å². The lowest BCUT2D eigenvalue weighted by Crippen LogP contribution is -2.54. The van der Waals surface area contributed by atoms with Crippen molar-refractivity contribution in [2.24, 2.45) is 0 Å². The van der Waals surface area contributed by atoms with Crippen molar-refractivity contribution in [2.45, 2.75) is 32.9 Å². The maximum atomic E-state index is 13.1. The zero-order chi connectivity index (χ0) is 21.3. The van der Waals surface area contributed by atoms with E-state index in [0.29, 0.717) is 28.9 Å². The molecule has 1 amide bonds. The molecule has 2 atom stereocenters. The van der Waals surface area contributed by atoms with Crippen LogP contribution in [-0.2, 0) is 0 Å². The van der Waals surface area contributed by atoms with Crippen LogP contribution in [0.25, 0.3) is 10.9 Å². The fourth-order valence-corrected chi connectivity index (χ4v) is 3.99. The minimum absolute atomic E-state index is 0.230. The van der Waals surface area contributed by atoms with Gasteiger partial charge in [-0.2, -0.15) is 4.98 Å². The molecule has 0 unspecified atom stereocenters. The van der Waals surface area contributed by atoms with Crippen molar-refractivity contribution < 1.29 is 9.53 Å². The van der Waals surface area contributed by atoms with E-state index in [4.69, 9.17) is 4.74 Å². The van der Waals surface area contributed by atoms with Crippen molar-refractivity contribution in [2.75, 3.05) is 30.4 Å². The van der Waals surface area contributed by atoms with Gasteiger partial charge in [0, 0.05) is 48.6 Å². The molecule has 8 heteroatoms. The van der Waals surface area contributed by atoms with Gasteiger partial charge in [-0.1, -0.05) is 0 Å². The number of nitrogens with one attached hydrogen (secondary N) is 2. The Morgan fingerprint density at radius 1 is 1.20 bits per heavy atom. The Morgan fingerprint density at radius 2 is 1.97 bits per heavy atom. The van der Waals surface area contributed by atoms with E-state index in [1.54, 1.807) is 18.6 Å². The molecule has 0 spiro atoms. The number of rotatable bonds is 4. The summed E-state index contributed by atoms with van der Waals surface area (Å²) in [4.78, 5) is 28.3. The van der Waals surface area contributed by atoms with Crippen molar-refractivity contribution in [3.63, 3.8) is 0 Å². The van der Waals surface area contributed by atoms with Crippen molar-refractivity contribution in [3.8, 4) is 6.01 Å². The van der Waals surface area contributed by atoms with Gasteiger partial charge in [-0.15, -0.1) is 0 Å². The highest BCUT2D eigenvalue weighted by Crippen LogP contribution is 2.31. The number of aromatic nitrogens is 3. The molecule has 0 radical (unpaired) electrons. The zero-order valence-corrected chi connectivity index (χ0v) is 17.6. The highest BCUT2D eigenvalue weighted by atomic mass is 16.5. The number of nitrogens with zero attached hydrogens (tertiary/aromatic N) is 4. The second kappa shape index (κ2) is 8.23. The predicted octanol–water partition coefficient (Wildman–Crippen LogP) is 2.78. The number of pyridine rings is 1. The fraction of sp³-hybridized carbons (Fsp3) is 0.364. The van der Waals surface area contributed by atoms with E-state index in [2.05, 4.69) is 44.3 Å². The Morgan fingerprint density at radius 3 is 2.67 bits per heavy atom. The second-order valence-corrected chi connectivity index (χ2v) is 7.83. The third-order valence-corrected chi connectivity index (χ3v) is 5.16. The standard InChI is InChI=1S/C22H26N6O2/c1-13-7-16(9-23-8-13)26-21(29)17-5-6-19(28-11-14(2)25-15(3)12-28)18-10-24-22(30-4)27-20(17)18/h5-10,14-15,25H,11-12H2,1-4H3,(H,26,29)/t14-,15-/m0/s1. The van der Waals surface area contributed by atoms with Crippen LogP contribution in [0.1, 0.15) is 29.8 Å². The Labute approximate surface area is 175 Å². The highest BCUT2D eigenvalue weighted by molar-refractivity contribution is 6.13. The number of benzene rings is 1. The molecular formula is C22H26N6O2. The van der Waals surface area contributed by atoms with Crippen molar-refractivity contribution in [3.05, 3.63) is 47.9 Å². The van der Waals surface area contributed by atoms with E-state index in [1.165, 1.54) is 7.11 Å². The number of amides is 1. The lowest BCUT2D eigenvalue weighted by molar-refractivity contribution is 0.102. The van der Waals surface area contributed by atoms with Gasteiger partial charge in [0.2, 0.25) is 0 Å². The summed E-state index contributed by atoms with van der Waals surface area (Å²) >= 11 is 0. The average molecular weight is 406 g/mol. The first kappa shape index (κ1) is 20.0. The van der Waals surface area contributed by atoms with E-state index in [1.807, 2.05) is 25.1 Å². The Bertz CT molecular complexity index is 1080. The molecule has 156 valence electrons. The summed E-state index contributed by atoms with van der Waals surface area (Å²) in [7, 11) is 1.52. The number of fused-ring (bicyclic) bond motifs is 1. The number of methoxy groups -OCH3 is 1. The quantitative estimate of drug-likeness (QED) is 0.688. The zero-order valence-electron chi connectivity index (χ0n) is 17.6. The average Bonchev–Trinajstić information content (AvgIpc) is 2.71. The van der Waals surface area contributed by atoms with Gasteiger partial charge in [-0.05, 0) is 44.5 Å². The van der Waals surface area contributed by atoms with Gasteiger partial charge in [0.25, 0.3) is 5.91 Å². The molecule has 8 nitrogen and oxygen atoms in total. The second-order valence-electron chi connectivity index (χ2n) is 7.83. The minimum Gasteiger partial charge on any atom is -0.467 e. The number of hydrogen-bond acceptors (Lipinski definition) is 7. The number of carbonyl (C=O) groups excluding carboxylic acids is 1. The first-order valence-corrected chi connectivity index (χ1v) is 10.0. The monoisotopic (exact) mass is 406 g/mol. The molecule has 0 aliphatic carbocycles. The molecule has 3 aromatic rings. The van der Waals surface area contributed by atoms with Gasteiger partial charge in [0.05, 0.1) is 30.1 Å². The van der Waals surface area contributed by atoms with E-state index < -0.39 is 0 Å². The first-order chi connectivity index (χ1) is 14.4. The van der Waals surface area contributed by atoms with E-state index in [9.17, 15) is 4.79 Å². The van der Waals surface area contributed by atoms with Crippen LogP contribution in [0.4, 0.5) is 11.4 Å². The van der Waals surface area contributed by atoms with Gasteiger partial charge in [0.15, 0.2) is 0 Å². The smallest absolute Gasteiger partial charge is 0.316 e.